The lowest BCUT2D eigenvalue weighted by Crippen LogP contribution is -2.43. The number of hydrogen-bond donors (Lipinski definition) is 1. The van der Waals surface area contributed by atoms with Crippen LogP contribution in [-0.4, -0.2) is 43.7 Å². The van der Waals surface area contributed by atoms with Crippen LogP contribution >= 0.6 is 0 Å². The summed E-state index contributed by atoms with van der Waals surface area (Å²) < 4.78 is 4.77. The molecular weight excluding hydrogens is 266 g/mol. The third-order valence-corrected chi connectivity index (χ3v) is 4.40. The van der Waals surface area contributed by atoms with Crippen LogP contribution in [0.15, 0.2) is 24.3 Å². The van der Waals surface area contributed by atoms with Crippen LogP contribution in [-0.2, 0) is 10.3 Å². The van der Waals surface area contributed by atoms with Crippen LogP contribution in [0.25, 0.3) is 0 Å². The van der Waals surface area contributed by atoms with Crippen LogP contribution in [0.4, 0.5) is 0 Å². The SMILES string of the molecule is COC(=O)c1cccc(C2(O)CCCCC2CN(C)C)c1. The highest BCUT2D eigenvalue weighted by Crippen LogP contribution is 2.42. The van der Waals surface area contributed by atoms with E-state index in [1.165, 1.54) is 7.11 Å². The summed E-state index contributed by atoms with van der Waals surface area (Å²) in [5, 5.41) is 11.3. The molecule has 0 saturated heterocycles. The number of ether oxygens (including phenoxy) is 1. The zero-order chi connectivity index (χ0) is 15.5. The lowest BCUT2D eigenvalue weighted by Gasteiger charge is -2.41. The van der Waals surface area contributed by atoms with Crippen LogP contribution in [0.2, 0.25) is 0 Å². The van der Waals surface area contributed by atoms with Crippen molar-refractivity contribution in [3.05, 3.63) is 35.4 Å². The van der Waals surface area contributed by atoms with Crippen molar-refractivity contribution < 1.29 is 14.6 Å². The Hall–Kier alpha value is -1.39. The van der Waals surface area contributed by atoms with Gasteiger partial charge in [-0.15, -0.1) is 0 Å². The fraction of sp³-hybridized carbons (Fsp3) is 0.588. The number of rotatable bonds is 4. The Morgan fingerprint density at radius 2 is 2.19 bits per heavy atom. The molecule has 1 aromatic rings. The quantitative estimate of drug-likeness (QED) is 0.866. The number of nitrogens with zero attached hydrogens (tertiary/aromatic N) is 1. The number of benzene rings is 1. The predicted molar refractivity (Wildman–Crippen MR) is 82.2 cm³/mol. The van der Waals surface area contributed by atoms with Crippen LogP contribution in [0.5, 0.6) is 0 Å². The fourth-order valence-electron chi connectivity index (χ4n) is 3.32. The molecule has 1 fully saturated rings. The van der Waals surface area contributed by atoms with Gasteiger partial charge in [-0.25, -0.2) is 4.79 Å². The summed E-state index contributed by atoms with van der Waals surface area (Å²) in [6, 6.07) is 7.24. The summed E-state index contributed by atoms with van der Waals surface area (Å²) in [7, 11) is 5.43. The van der Waals surface area contributed by atoms with Gasteiger partial charge < -0.3 is 14.7 Å². The molecule has 21 heavy (non-hydrogen) atoms. The number of aliphatic hydroxyl groups is 1. The molecule has 2 rings (SSSR count). The molecular formula is C17H25NO3. The van der Waals surface area contributed by atoms with E-state index in [1.807, 2.05) is 26.2 Å². The smallest absolute Gasteiger partial charge is 0.337 e. The first-order valence-electron chi connectivity index (χ1n) is 7.53. The summed E-state index contributed by atoms with van der Waals surface area (Å²) in [5.74, 6) is -0.172. The van der Waals surface area contributed by atoms with E-state index in [-0.39, 0.29) is 11.9 Å². The van der Waals surface area contributed by atoms with Gasteiger partial charge in [0.05, 0.1) is 18.3 Å². The molecule has 2 atom stereocenters. The number of methoxy groups -OCH3 is 1. The molecule has 1 aliphatic carbocycles. The summed E-state index contributed by atoms with van der Waals surface area (Å²) >= 11 is 0. The summed E-state index contributed by atoms with van der Waals surface area (Å²) in [4.78, 5) is 13.8. The number of carbonyl (C=O) groups is 1. The molecule has 2 unspecified atom stereocenters. The molecule has 4 heteroatoms. The first-order valence-corrected chi connectivity index (χ1v) is 7.53. The van der Waals surface area contributed by atoms with E-state index >= 15 is 0 Å². The van der Waals surface area contributed by atoms with Gasteiger partial charge in [0.15, 0.2) is 0 Å². The van der Waals surface area contributed by atoms with E-state index in [0.717, 1.165) is 37.8 Å². The Morgan fingerprint density at radius 1 is 1.43 bits per heavy atom. The Labute approximate surface area is 126 Å². The second kappa shape index (κ2) is 6.58. The van der Waals surface area contributed by atoms with Crippen molar-refractivity contribution >= 4 is 5.97 Å². The molecule has 0 radical (unpaired) electrons. The van der Waals surface area contributed by atoms with Crippen molar-refractivity contribution in [1.82, 2.24) is 4.90 Å². The lowest BCUT2D eigenvalue weighted by atomic mass is 9.71. The average Bonchev–Trinajstić information content (AvgIpc) is 2.48. The van der Waals surface area contributed by atoms with Gasteiger partial charge in [-0.3, -0.25) is 0 Å². The Bertz CT molecular complexity index is 501. The molecule has 4 nitrogen and oxygen atoms in total. The van der Waals surface area contributed by atoms with Crippen molar-refractivity contribution in [2.75, 3.05) is 27.7 Å². The zero-order valence-corrected chi connectivity index (χ0v) is 13.1. The van der Waals surface area contributed by atoms with E-state index < -0.39 is 5.60 Å². The molecule has 1 saturated carbocycles. The third kappa shape index (κ3) is 3.44. The van der Waals surface area contributed by atoms with Crippen molar-refractivity contribution in [3.63, 3.8) is 0 Å². The second-order valence-corrected chi connectivity index (χ2v) is 6.20. The minimum atomic E-state index is -0.855. The Kier molecular flexibility index (Phi) is 5.01. The summed E-state index contributed by atoms with van der Waals surface area (Å²) in [5.41, 5.74) is 0.474. The highest BCUT2D eigenvalue weighted by Gasteiger charge is 2.40. The van der Waals surface area contributed by atoms with E-state index in [1.54, 1.807) is 12.1 Å². The van der Waals surface area contributed by atoms with Gasteiger partial charge in [0.25, 0.3) is 0 Å². The van der Waals surface area contributed by atoms with Crippen LogP contribution in [0.1, 0.15) is 41.6 Å². The van der Waals surface area contributed by atoms with E-state index in [9.17, 15) is 9.90 Å². The van der Waals surface area contributed by atoms with Gasteiger partial charge in [-0.05, 0) is 44.6 Å². The molecule has 0 spiro atoms. The Balaban J connectivity index is 2.33. The maximum atomic E-state index is 11.7. The van der Waals surface area contributed by atoms with Gasteiger partial charge in [0.1, 0.15) is 0 Å². The zero-order valence-electron chi connectivity index (χ0n) is 13.1. The van der Waals surface area contributed by atoms with Gasteiger partial charge >= 0.3 is 5.97 Å². The molecule has 0 heterocycles. The largest absolute Gasteiger partial charge is 0.465 e. The monoisotopic (exact) mass is 291 g/mol. The molecule has 0 aliphatic heterocycles. The van der Waals surface area contributed by atoms with E-state index in [0.29, 0.717) is 5.56 Å². The molecule has 1 N–H and O–H groups in total. The maximum absolute atomic E-state index is 11.7. The molecule has 1 aliphatic rings. The van der Waals surface area contributed by atoms with Crippen LogP contribution in [0, 0.1) is 5.92 Å². The molecule has 0 amide bonds. The minimum Gasteiger partial charge on any atom is -0.465 e. The van der Waals surface area contributed by atoms with Crippen molar-refractivity contribution in [3.8, 4) is 0 Å². The van der Waals surface area contributed by atoms with Crippen molar-refractivity contribution in [1.29, 1.82) is 0 Å². The highest BCUT2D eigenvalue weighted by atomic mass is 16.5. The normalized spacial score (nSPS) is 25.9. The van der Waals surface area contributed by atoms with E-state index in [4.69, 9.17) is 4.74 Å². The van der Waals surface area contributed by atoms with Gasteiger partial charge in [0, 0.05) is 12.5 Å². The number of carbonyl (C=O) groups excluding carboxylic acids is 1. The third-order valence-electron chi connectivity index (χ3n) is 4.40. The fourth-order valence-corrected chi connectivity index (χ4v) is 3.32. The first-order chi connectivity index (χ1) is 9.97. The summed E-state index contributed by atoms with van der Waals surface area (Å²) in [6.45, 7) is 0.846. The molecule has 116 valence electrons. The van der Waals surface area contributed by atoms with Crippen LogP contribution in [0.3, 0.4) is 0 Å². The standard InChI is InChI=1S/C17H25NO3/c1-18(2)12-15-8-4-5-10-17(15,20)14-9-6-7-13(11-14)16(19)21-3/h6-7,9,11,15,20H,4-5,8,10,12H2,1-3H3. The highest BCUT2D eigenvalue weighted by molar-refractivity contribution is 5.89. The van der Waals surface area contributed by atoms with Gasteiger partial charge in [-0.1, -0.05) is 25.0 Å². The number of esters is 1. The van der Waals surface area contributed by atoms with Gasteiger partial charge in [-0.2, -0.15) is 0 Å². The summed E-state index contributed by atoms with van der Waals surface area (Å²) in [6.07, 6.45) is 3.92. The maximum Gasteiger partial charge on any atom is 0.337 e. The average molecular weight is 291 g/mol. The predicted octanol–water partition coefficient (Wildman–Crippen LogP) is 2.41. The topological polar surface area (TPSA) is 49.8 Å². The van der Waals surface area contributed by atoms with Crippen molar-refractivity contribution in [2.45, 2.75) is 31.3 Å². The number of hydrogen-bond acceptors (Lipinski definition) is 4. The molecule has 0 bridgehead atoms. The van der Waals surface area contributed by atoms with Crippen molar-refractivity contribution in [2.24, 2.45) is 5.92 Å². The lowest BCUT2D eigenvalue weighted by molar-refractivity contribution is -0.0618. The molecule has 1 aromatic carbocycles. The minimum absolute atomic E-state index is 0.189. The molecule has 0 aromatic heterocycles. The first kappa shape index (κ1) is 16.0. The van der Waals surface area contributed by atoms with E-state index in [2.05, 4.69) is 4.90 Å². The van der Waals surface area contributed by atoms with Crippen LogP contribution < -0.4 is 0 Å². The second-order valence-electron chi connectivity index (χ2n) is 6.20. The van der Waals surface area contributed by atoms with Gasteiger partial charge in [0.2, 0.25) is 0 Å². The Morgan fingerprint density at radius 3 is 2.86 bits per heavy atom.